The van der Waals surface area contributed by atoms with Gasteiger partial charge in [-0.05, 0) is 42.3 Å². The van der Waals surface area contributed by atoms with Crippen LogP contribution >= 0.6 is 11.6 Å². The Kier molecular flexibility index (Phi) is 4.35. The fraction of sp³-hybridized carbons (Fsp3) is 0.222. The van der Waals surface area contributed by atoms with Crippen LogP contribution in [-0.4, -0.2) is 30.2 Å². The van der Waals surface area contributed by atoms with E-state index in [0.717, 1.165) is 5.56 Å². The molecule has 1 unspecified atom stereocenters. The number of hydrogen-bond donors (Lipinski definition) is 0. The van der Waals surface area contributed by atoms with Crippen LogP contribution in [0.5, 0.6) is 11.5 Å². The van der Waals surface area contributed by atoms with Crippen molar-refractivity contribution in [2.75, 3.05) is 13.6 Å². The van der Waals surface area contributed by atoms with E-state index < -0.39 is 5.92 Å². The van der Waals surface area contributed by atoms with Gasteiger partial charge in [-0.25, -0.2) is 0 Å². The maximum absolute atomic E-state index is 12.1. The second-order valence-corrected chi connectivity index (χ2v) is 6.02. The number of likely N-dealkylation sites (N-methyl/N-ethyl adjacent to an activating group) is 1. The Morgan fingerprint density at radius 2 is 1.83 bits per heavy atom. The van der Waals surface area contributed by atoms with Gasteiger partial charge in [0, 0.05) is 12.1 Å². The van der Waals surface area contributed by atoms with Crippen molar-refractivity contribution < 1.29 is 14.3 Å². The molecule has 1 amide bonds. The van der Waals surface area contributed by atoms with Gasteiger partial charge in [-0.15, -0.1) is 0 Å². The number of halogens is 1. The Labute approximate surface area is 139 Å². The molecule has 1 fully saturated rings. The van der Waals surface area contributed by atoms with E-state index in [1.54, 1.807) is 31.3 Å². The summed E-state index contributed by atoms with van der Waals surface area (Å²) < 4.78 is 5.88. The van der Waals surface area contributed by atoms with Crippen LogP contribution in [0.4, 0.5) is 0 Å². The van der Waals surface area contributed by atoms with E-state index in [-0.39, 0.29) is 18.2 Å². The Bertz CT molecular complexity index is 742. The van der Waals surface area contributed by atoms with Crippen molar-refractivity contribution in [2.24, 2.45) is 5.92 Å². The highest BCUT2D eigenvalue weighted by molar-refractivity contribution is 6.30. The van der Waals surface area contributed by atoms with Gasteiger partial charge in [0.05, 0.1) is 6.54 Å². The first kappa shape index (κ1) is 15.6. The fourth-order valence-electron chi connectivity index (χ4n) is 2.65. The predicted molar refractivity (Wildman–Crippen MR) is 87.8 cm³/mol. The zero-order valence-electron chi connectivity index (χ0n) is 12.7. The number of ketones is 1. The molecular weight excluding hydrogens is 314 g/mol. The van der Waals surface area contributed by atoms with Crippen LogP contribution in [-0.2, 0) is 16.0 Å². The number of carbonyl (C=O) groups is 2. The standard InChI is InChI=1S/C18H16ClNO3/c1-20-11-16(21)15(18(20)22)10-12-4-2-3-5-17(12)23-14-8-6-13(19)7-9-14/h2-9,15H,10-11H2,1H3. The number of likely N-dealkylation sites (tertiary alicyclic amines) is 1. The maximum atomic E-state index is 12.1. The molecule has 4 nitrogen and oxygen atoms in total. The fourth-order valence-corrected chi connectivity index (χ4v) is 2.77. The highest BCUT2D eigenvalue weighted by Crippen LogP contribution is 2.29. The first-order chi connectivity index (χ1) is 11.0. The predicted octanol–water partition coefficient (Wildman–Crippen LogP) is 3.33. The summed E-state index contributed by atoms with van der Waals surface area (Å²) in [6, 6.07) is 14.5. The summed E-state index contributed by atoms with van der Waals surface area (Å²) in [5, 5.41) is 0.635. The number of carbonyl (C=O) groups excluding carboxylic acids is 2. The Hall–Kier alpha value is -2.33. The summed E-state index contributed by atoms with van der Waals surface area (Å²) in [6.07, 6.45) is 0.353. The van der Waals surface area contributed by atoms with E-state index in [1.807, 2.05) is 24.3 Å². The third-order valence-electron chi connectivity index (χ3n) is 3.89. The molecule has 23 heavy (non-hydrogen) atoms. The van der Waals surface area contributed by atoms with Crippen molar-refractivity contribution in [3.63, 3.8) is 0 Å². The average molecular weight is 330 g/mol. The topological polar surface area (TPSA) is 46.6 Å². The number of para-hydroxylation sites is 1. The van der Waals surface area contributed by atoms with Crippen molar-refractivity contribution in [1.82, 2.24) is 4.90 Å². The number of hydrogen-bond acceptors (Lipinski definition) is 3. The van der Waals surface area contributed by atoms with Crippen LogP contribution in [0, 0.1) is 5.92 Å². The summed E-state index contributed by atoms with van der Waals surface area (Å²) in [4.78, 5) is 25.5. The minimum absolute atomic E-state index is 0.0428. The molecule has 2 aromatic rings. The van der Waals surface area contributed by atoms with Crippen LogP contribution in [0.2, 0.25) is 5.02 Å². The zero-order chi connectivity index (χ0) is 16.4. The molecule has 0 saturated carbocycles. The highest BCUT2D eigenvalue weighted by Gasteiger charge is 2.37. The monoisotopic (exact) mass is 329 g/mol. The van der Waals surface area contributed by atoms with E-state index in [1.165, 1.54) is 4.90 Å². The summed E-state index contributed by atoms with van der Waals surface area (Å²) in [5.74, 6) is 0.512. The number of amides is 1. The van der Waals surface area contributed by atoms with Crippen molar-refractivity contribution in [3.8, 4) is 11.5 Å². The molecule has 0 radical (unpaired) electrons. The molecular formula is C18H16ClNO3. The Morgan fingerprint density at radius 1 is 1.13 bits per heavy atom. The summed E-state index contributed by atoms with van der Waals surface area (Å²) in [7, 11) is 1.65. The Morgan fingerprint density at radius 3 is 2.48 bits per heavy atom. The molecule has 118 valence electrons. The lowest BCUT2D eigenvalue weighted by Gasteiger charge is -2.13. The minimum atomic E-state index is -0.616. The van der Waals surface area contributed by atoms with Crippen LogP contribution in [0.15, 0.2) is 48.5 Å². The molecule has 0 aliphatic carbocycles. The minimum Gasteiger partial charge on any atom is -0.457 e. The number of Topliss-reactive ketones (excluding diaryl/α,β-unsaturated/α-hetero) is 1. The van der Waals surface area contributed by atoms with Crippen molar-refractivity contribution >= 4 is 23.3 Å². The largest absolute Gasteiger partial charge is 0.457 e. The number of rotatable bonds is 4. The van der Waals surface area contributed by atoms with Gasteiger partial charge in [-0.1, -0.05) is 29.8 Å². The van der Waals surface area contributed by atoms with E-state index in [4.69, 9.17) is 16.3 Å². The van der Waals surface area contributed by atoms with Crippen molar-refractivity contribution in [2.45, 2.75) is 6.42 Å². The maximum Gasteiger partial charge on any atom is 0.233 e. The van der Waals surface area contributed by atoms with Gasteiger partial charge in [-0.3, -0.25) is 9.59 Å². The summed E-state index contributed by atoms with van der Waals surface area (Å²) in [5.41, 5.74) is 0.837. The van der Waals surface area contributed by atoms with Crippen molar-refractivity contribution in [3.05, 3.63) is 59.1 Å². The highest BCUT2D eigenvalue weighted by atomic mass is 35.5. The molecule has 2 aromatic carbocycles. The quantitative estimate of drug-likeness (QED) is 0.808. The third kappa shape index (κ3) is 3.37. The first-order valence-electron chi connectivity index (χ1n) is 7.33. The SMILES string of the molecule is CN1CC(=O)C(Cc2ccccc2Oc2ccc(Cl)cc2)C1=O. The van der Waals surface area contributed by atoms with E-state index in [2.05, 4.69) is 0 Å². The lowest BCUT2D eigenvalue weighted by molar-refractivity contribution is -0.131. The van der Waals surface area contributed by atoms with E-state index in [9.17, 15) is 9.59 Å². The van der Waals surface area contributed by atoms with Gasteiger partial charge < -0.3 is 9.64 Å². The van der Waals surface area contributed by atoms with Gasteiger partial charge in [0.25, 0.3) is 0 Å². The van der Waals surface area contributed by atoms with Gasteiger partial charge in [0.15, 0.2) is 5.78 Å². The third-order valence-corrected chi connectivity index (χ3v) is 4.15. The molecule has 5 heteroatoms. The molecule has 3 rings (SSSR count). The molecule has 1 saturated heterocycles. The van der Waals surface area contributed by atoms with Gasteiger partial charge in [0.2, 0.25) is 5.91 Å². The molecule has 1 atom stereocenters. The lowest BCUT2D eigenvalue weighted by Crippen LogP contribution is -2.24. The van der Waals surface area contributed by atoms with E-state index >= 15 is 0 Å². The van der Waals surface area contributed by atoms with Gasteiger partial charge >= 0.3 is 0 Å². The van der Waals surface area contributed by atoms with Gasteiger partial charge in [-0.2, -0.15) is 0 Å². The molecule has 0 bridgehead atoms. The van der Waals surface area contributed by atoms with E-state index in [0.29, 0.717) is 22.9 Å². The van der Waals surface area contributed by atoms with Crippen LogP contribution in [0.3, 0.4) is 0 Å². The average Bonchev–Trinajstić information content (AvgIpc) is 2.78. The summed E-state index contributed by atoms with van der Waals surface area (Å²) in [6.45, 7) is 0.184. The number of benzene rings is 2. The summed E-state index contributed by atoms with van der Waals surface area (Å²) >= 11 is 5.87. The van der Waals surface area contributed by atoms with Crippen LogP contribution < -0.4 is 4.74 Å². The number of ether oxygens (including phenoxy) is 1. The second-order valence-electron chi connectivity index (χ2n) is 5.58. The normalized spacial score (nSPS) is 17.7. The van der Waals surface area contributed by atoms with Gasteiger partial charge in [0.1, 0.15) is 17.4 Å². The molecule has 0 spiro atoms. The lowest BCUT2D eigenvalue weighted by atomic mass is 9.96. The van der Waals surface area contributed by atoms with Crippen LogP contribution in [0.1, 0.15) is 5.56 Å². The molecule has 1 heterocycles. The molecule has 0 aromatic heterocycles. The molecule has 1 aliphatic heterocycles. The van der Waals surface area contributed by atoms with Crippen molar-refractivity contribution in [1.29, 1.82) is 0 Å². The zero-order valence-corrected chi connectivity index (χ0v) is 13.4. The first-order valence-corrected chi connectivity index (χ1v) is 7.71. The number of nitrogens with zero attached hydrogens (tertiary/aromatic N) is 1. The smallest absolute Gasteiger partial charge is 0.233 e. The second kappa shape index (κ2) is 6.42. The van der Waals surface area contributed by atoms with Crippen LogP contribution in [0.25, 0.3) is 0 Å². The molecule has 1 aliphatic rings. The Balaban J connectivity index is 1.82. The molecule has 0 N–H and O–H groups in total.